The monoisotopic (exact) mass is 580 g/mol. The van der Waals surface area contributed by atoms with Crippen molar-refractivity contribution in [2.75, 3.05) is 0 Å². The third kappa shape index (κ3) is 5.93. The van der Waals surface area contributed by atoms with Crippen molar-refractivity contribution in [1.29, 1.82) is 0 Å². The summed E-state index contributed by atoms with van der Waals surface area (Å²) in [6.45, 7) is 2.02. The molecule has 0 atom stereocenters. The molecule has 2 aromatic heterocycles. The Morgan fingerprint density at radius 3 is 1.59 bits per heavy atom. The van der Waals surface area contributed by atoms with E-state index in [1.165, 1.54) is 12.7 Å². The van der Waals surface area contributed by atoms with E-state index in [0.29, 0.717) is 0 Å². The molecule has 0 radical (unpaired) electrons. The van der Waals surface area contributed by atoms with Crippen molar-refractivity contribution in [3.8, 4) is 0 Å². The summed E-state index contributed by atoms with van der Waals surface area (Å²) in [6.07, 6.45) is 7.23. The van der Waals surface area contributed by atoms with Gasteiger partial charge in [0.25, 0.3) is 0 Å². The van der Waals surface area contributed by atoms with Gasteiger partial charge in [0.1, 0.15) is 0 Å². The first kappa shape index (κ1) is 15.8. The van der Waals surface area contributed by atoms with Crippen LogP contribution in [0.2, 0.25) is 0 Å². The first-order chi connectivity index (χ1) is 8.00. The fourth-order valence-corrected chi connectivity index (χ4v) is 3.38. The van der Waals surface area contributed by atoms with Gasteiger partial charge in [0, 0.05) is 40.9 Å². The predicted octanol–water partition coefficient (Wildman–Crippen LogP) is 5.21. The van der Waals surface area contributed by atoms with E-state index in [2.05, 4.69) is 93.1 Å². The maximum Gasteiger partial charge on any atom is 0.0413 e. The lowest BCUT2D eigenvalue weighted by Crippen LogP contribution is -1.79. The Bertz CT molecular complexity index is 469. The molecule has 6 heteroatoms. The van der Waals surface area contributed by atoms with E-state index in [0.717, 1.165) is 8.95 Å². The predicted molar refractivity (Wildman–Crippen MR) is 94.0 cm³/mol. The minimum absolute atomic E-state index is 1.04. The topological polar surface area (TPSA) is 25.8 Å². The first-order valence-electron chi connectivity index (χ1n) is 4.52. The summed E-state index contributed by atoms with van der Waals surface area (Å²) in [5.41, 5.74) is 1.19. The van der Waals surface area contributed by atoms with Gasteiger partial charge in [0.15, 0.2) is 0 Å². The Morgan fingerprint density at radius 1 is 0.882 bits per heavy atom. The van der Waals surface area contributed by atoms with Crippen molar-refractivity contribution in [2.45, 2.75) is 6.92 Å². The SMILES string of the molecule is Cc1c(Br)cncc1Br.Ic1cncc(I)c1. The van der Waals surface area contributed by atoms with Crippen molar-refractivity contribution in [1.82, 2.24) is 9.97 Å². The van der Waals surface area contributed by atoms with E-state index >= 15 is 0 Å². The lowest BCUT2D eigenvalue weighted by Gasteiger charge is -1.96. The molecular weight excluding hydrogens is 574 g/mol. The van der Waals surface area contributed by atoms with Crippen LogP contribution in [-0.4, -0.2) is 9.97 Å². The molecule has 2 aromatic rings. The molecule has 0 bridgehead atoms. The third-order valence-electron chi connectivity index (χ3n) is 1.76. The van der Waals surface area contributed by atoms with Crippen LogP contribution in [0.4, 0.5) is 0 Å². The van der Waals surface area contributed by atoms with Crippen molar-refractivity contribution < 1.29 is 0 Å². The fraction of sp³-hybridized carbons (Fsp3) is 0.0909. The smallest absolute Gasteiger partial charge is 0.0413 e. The molecule has 0 saturated heterocycles. The van der Waals surface area contributed by atoms with E-state index in [1.54, 1.807) is 12.4 Å². The molecule has 0 saturated carbocycles. The van der Waals surface area contributed by atoms with Gasteiger partial charge in [0.2, 0.25) is 0 Å². The Kier molecular flexibility index (Phi) is 7.43. The molecule has 2 nitrogen and oxygen atoms in total. The number of nitrogens with zero attached hydrogens (tertiary/aromatic N) is 2. The highest BCUT2D eigenvalue weighted by Gasteiger charge is 1.96. The summed E-state index contributed by atoms with van der Waals surface area (Å²) in [5, 5.41) is 0. The zero-order valence-corrected chi connectivity index (χ0v) is 16.3. The highest BCUT2D eigenvalue weighted by atomic mass is 127. The molecule has 0 spiro atoms. The van der Waals surface area contributed by atoms with Crippen LogP contribution in [0.15, 0.2) is 39.8 Å². The second-order valence-corrected chi connectivity index (χ2v) is 7.25. The van der Waals surface area contributed by atoms with Gasteiger partial charge >= 0.3 is 0 Å². The standard InChI is InChI=1S/C6H5Br2N.C5H3I2N/c1-4-5(7)2-9-3-6(4)8;6-4-1-5(7)3-8-2-4/h2-3H,1H3;1-3H. The maximum atomic E-state index is 3.97. The van der Waals surface area contributed by atoms with Crippen molar-refractivity contribution >= 4 is 77.0 Å². The van der Waals surface area contributed by atoms with Crippen LogP contribution in [0.25, 0.3) is 0 Å². The van der Waals surface area contributed by atoms with Gasteiger partial charge < -0.3 is 0 Å². The molecule has 0 aliphatic carbocycles. The molecule has 0 N–H and O–H groups in total. The maximum absolute atomic E-state index is 3.97. The van der Waals surface area contributed by atoms with Crippen LogP contribution in [0.1, 0.15) is 5.56 Å². The zero-order chi connectivity index (χ0) is 12.8. The van der Waals surface area contributed by atoms with Gasteiger partial charge in [0.05, 0.1) is 0 Å². The normalized spacial score (nSPS) is 9.47. The Hall–Kier alpha value is 0.720. The minimum Gasteiger partial charge on any atom is -0.263 e. The summed E-state index contributed by atoms with van der Waals surface area (Å²) in [7, 11) is 0. The van der Waals surface area contributed by atoms with Gasteiger partial charge in [-0.3, -0.25) is 9.97 Å². The molecular formula is C11H8Br2I2N2. The van der Waals surface area contributed by atoms with Crippen molar-refractivity contribution in [2.24, 2.45) is 0 Å². The van der Waals surface area contributed by atoms with E-state index < -0.39 is 0 Å². The van der Waals surface area contributed by atoms with E-state index in [1.807, 2.05) is 19.3 Å². The average Bonchev–Trinajstić information content (AvgIpc) is 2.26. The molecule has 0 unspecified atom stereocenters. The summed E-state index contributed by atoms with van der Waals surface area (Å²) in [6, 6.07) is 2.08. The molecule has 17 heavy (non-hydrogen) atoms. The molecule has 0 aliphatic rings. The van der Waals surface area contributed by atoms with Crippen molar-refractivity contribution in [3.05, 3.63) is 52.5 Å². The number of hydrogen-bond acceptors (Lipinski definition) is 2. The summed E-state index contributed by atoms with van der Waals surface area (Å²) < 4.78 is 4.46. The fourth-order valence-electron chi connectivity index (χ4n) is 0.862. The number of hydrogen-bond donors (Lipinski definition) is 0. The highest BCUT2D eigenvalue weighted by molar-refractivity contribution is 14.1. The lowest BCUT2D eigenvalue weighted by molar-refractivity contribution is 1.24. The Balaban J connectivity index is 0.000000171. The third-order valence-corrected chi connectivity index (χ3v) is 4.54. The van der Waals surface area contributed by atoms with Gasteiger partial charge in [-0.25, -0.2) is 0 Å². The molecule has 90 valence electrons. The summed E-state index contributed by atoms with van der Waals surface area (Å²) >= 11 is 11.2. The molecule has 0 fully saturated rings. The molecule has 2 heterocycles. The van der Waals surface area contributed by atoms with Crippen molar-refractivity contribution in [3.63, 3.8) is 0 Å². The second kappa shape index (κ2) is 8.00. The largest absolute Gasteiger partial charge is 0.263 e. The first-order valence-corrected chi connectivity index (χ1v) is 8.26. The summed E-state index contributed by atoms with van der Waals surface area (Å²) in [5.74, 6) is 0. The van der Waals surface area contributed by atoms with Crippen LogP contribution in [0.5, 0.6) is 0 Å². The summed E-state index contributed by atoms with van der Waals surface area (Å²) in [4.78, 5) is 7.92. The highest BCUT2D eigenvalue weighted by Crippen LogP contribution is 2.21. The van der Waals surface area contributed by atoms with E-state index in [-0.39, 0.29) is 0 Å². The van der Waals surface area contributed by atoms with Gasteiger partial charge in [-0.1, -0.05) is 0 Å². The van der Waals surface area contributed by atoms with Crippen LogP contribution in [-0.2, 0) is 0 Å². The molecule has 2 rings (SSSR count). The minimum atomic E-state index is 1.04. The average molecular weight is 582 g/mol. The Labute approximate surface area is 145 Å². The van der Waals surface area contributed by atoms with Crippen LogP contribution < -0.4 is 0 Å². The molecule has 0 aliphatic heterocycles. The number of rotatable bonds is 0. The molecule has 0 amide bonds. The second-order valence-electron chi connectivity index (χ2n) is 3.05. The van der Waals surface area contributed by atoms with Gasteiger partial charge in [-0.15, -0.1) is 0 Å². The molecule has 0 aromatic carbocycles. The zero-order valence-electron chi connectivity index (χ0n) is 8.79. The number of halogens is 4. The number of pyridine rings is 2. The van der Waals surface area contributed by atoms with Crippen LogP contribution >= 0.6 is 77.0 Å². The van der Waals surface area contributed by atoms with E-state index in [9.17, 15) is 0 Å². The van der Waals surface area contributed by atoms with Gasteiger partial charge in [-0.05, 0) is 95.6 Å². The number of aromatic nitrogens is 2. The lowest BCUT2D eigenvalue weighted by atomic mass is 10.3. The van der Waals surface area contributed by atoms with Gasteiger partial charge in [-0.2, -0.15) is 0 Å². The Morgan fingerprint density at radius 2 is 1.29 bits per heavy atom. The quantitative estimate of drug-likeness (QED) is 0.400. The van der Waals surface area contributed by atoms with E-state index in [4.69, 9.17) is 0 Å². The van der Waals surface area contributed by atoms with Crippen LogP contribution in [0, 0.1) is 14.1 Å². The van der Waals surface area contributed by atoms with Crippen LogP contribution in [0.3, 0.4) is 0 Å².